The number of rotatable bonds is 6. The number of hydrogen-bond donors (Lipinski definition) is 1. The first kappa shape index (κ1) is 18.8. The number of nitrogens with zero attached hydrogens (tertiary/aromatic N) is 3. The summed E-state index contributed by atoms with van der Waals surface area (Å²) in [5.74, 6) is 2.08. The van der Waals surface area contributed by atoms with Crippen molar-refractivity contribution in [3.05, 3.63) is 53.1 Å². The second-order valence-electron chi connectivity index (χ2n) is 6.17. The first-order chi connectivity index (χ1) is 12.8. The summed E-state index contributed by atoms with van der Waals surface area (Å²) in [6, 6.07) is 6.58. The zero-order chi connectivity index (χ0) is 19.6. The molecule has 1 aromatic carbocycles. The molecular formula is C18H20N4O4S. The maximum absolute atomic E-state index is 11.9. The van der Waals surface area contributed by atoms with E-state index in [0.29, 0.717) is 29.7 Å². The number of hydrogen-bond acceptors (Lipinski definition) is 8. The highest BCUT2D eigenvalue weighted by Crippen LogP contribution is 2.24. The van der Waals surface area contributed by atoms with E-state index in [1.54, 1.807) is 24.4 Å². The number of aryl methyl sites for hydroxylation is 1. The fourth-order valence-electron chi connectivity index (χ4n) is 2.45. The molecule has 0 radical (unpaired) electrons. The van der Waals surface area contributed by atoms with Crippen LogP contribution < -0.4 is 10.1 Å². The van der Waals surface area contributed by atoms with Crippen LogP contribution in [0, 0.1) is 13.8 Å². The van der Waals surface area contributed by atoms with Crippen LogP contribution in [-0.2, 0) is 16.3 Å². The van der Waals surface area contributed by atoms with Crippen LogP contribution >= 0.6 is 0 Å². The summed E-state index contributed by atoms with van der Waals surface area (Å²) in [6.45, 7) is 3.76. The van der Waals surface area contributed by atoms with Gasteiger partial charge in [-0.15, -0.1) is 0 Å². The van der Waals surface area contributed by atoms with Gasteiger partial charge < -0.3 is 14.6 Å². The van der Waals surface area contributed by atoms with Crippen LogP contribution in [0.25, 0.3) is 0 Å². The lowest BCUT2D eigenvalue weighted by Gasteiger charge is -2.09. The third-order valence-electron chi connectivity index (χ3n) is 4.07. The molecule has 1 N–H and O–H groups in total. The Balaban J connectivity index is 1.87. The van der Waals surface area contributed by atoms with Gasteiger partial charge in [-0.2, -0.15) is 0 Å². The lowest BCUT2D eigenvalue weighted by molar-refractivity contribution is 0.413. The quantitative estimate of drug-likeness (QED) is 0.687. The largest absolute Gasteiger partial charge is 0.497 e. The number of anilines is 2. The number of ether oxygens (including phenoxy) is 1. The molecule has 0 saturated carbocycles. The van der Waals surface area contributed by atoms with Gasteiger partial charge in [-0.25, -0.2) is 18.4 Å². The Labute approximate surface area is 157 Å². The number of nitrogens with one attached hydrogen (secondary N) is 1. The predicted octanol–water partition coefficient (Wildman–Crippen LogP) is 2.83. The Morgan fingerprint density at radius 3 is 2.63 bits per heavy atom. The highest BCUT2D eigenvalue weighted by molar-refractivity contribution is 7.90. The van der Waals surface area contributed by atoms with Crippen LogP contribution in [0.1, 0.15) is 22.6 Å². The van der Waals surface area contributed by atoms with E-state index >= 15 is 0 Å². The zero-order valence-electron chi connectivity index (χ0n) is 15.5. The van der Waals surface area contributed by atoms with Crippen molar-refractivity contribution in [1.82, 2.24) is 15.1 Å². The molecule has 142 valence electrons. The molecule has 0 fully saturated rings. The van der Waals surface area contributed by atoms with Gasteiger partial charge in [0.15, 0.2) is 9.84 Å². The second-order valence-corrected chi connectivity index (χ2v) is 8.19. The van der Waals surface area contributed by atoms with E-state index in [4.69, 9.17) is 9.26 Å². The van der Waals surface area contributed by atoms with E-state index in [2.05, 4.69) is 20.4 Å². The van der Waals surface area contributed by atoms with Crippen LogP contribution in [0.4, 0.5) is 11.7 Å². The smallest absolute Gasteiger partial charge is 0.233 e. The topological polar surface area (TPSA) is 107 Å². The number of sulfone groups is 1. The molecule has 0 bridgehead atoms. The SMILES string of the molecule is COc1cc(Cc2nccc(Nc3onc(C)c3C)n2)cc(S(C)(=O)=O)c1. The Hall–Kier alpha value is -2.94. The fourth-order valence-corrected chi connectivity index (χ4v) is 3.15. The minimum Gasteiger partial charge on any atom is -0.497 e. The predicted molar refractivity (Wildman–Crippen MR) is 100 cm³/mol. The van der Waals surface area contributed by atoms with Gasteiger partial charge in [0, 0.05) is 24.4 Å². The zero-order valence-corrected chi connectivity index (χ0v) is 16.3. The number of benzene rings is 1. The van der Waals surface area contributed by atoms with Crippen molar-refractivity contribution in [3.63, 3.8) is 0 Å². The summed E-state index contributed by atoms with van der Waals surface area (Å²) in [5.41, 5.74) is 2.44. The van der Waals surface area contributed by atoms with Crippen molar-refractivity contribution >= 4 is 21.5 Å². The lowest BCUT2D eigenvalue weighted by Crippen LogP contribution is -2.03. The van der Waals surface area contributed by atoms with E-state index in [1.807, 2.05) is 13.8 Å². The molecule has 3 aromatic rings. The highest BCUT2D eigenvalue weighted by atomic mass is 32.2. The molecule has 0 saturated heterocycles. The minimum absolute atomic E-state index is 0.193. The second kappa shape index (κ2) is 7.36. The van der Waals surface area contributed by atoms with Crippen molar-refractivity contribution in [2.24, 2.45) is 0 Å². The average molecular weight is 388 g/mol. The van der Waals surface area contributed by atoms with Gasteiger partial charge in [0.2, 0.25) is 5.88 Å². The summed E-state index contributed by atoms with van der Waals surface area (Å²) >= 11 is 0. The third-order valence-corrected chi connectivity index (χ3v) is 5.16. The van der Waals surface area contributed by atoms with Crippen LogP contribution in [0.5, 0.6) is 5.75 Å². The number of aromatic nitrogens is 3. The summed E-state index contributed by atoms with van der Waals surface area (Å²) in [4.78, 5) is 8.92. The van der Waals surface area contributed by atoms with Crippen molar-refractivity contribution < 1.29 is 17.7 Å². The van der Waals surface area contributed by atoms with Crippen molar-refractivity contribution in [2.45, 2.75) is 25.2 Å². The molecule has 8 nitrogen and oxygen atoms in total. The molecule has 0 spiro atoms. The first-order valence-electron chi connectivity index (χ1n) is 8.16. The molecule has 9 heteroatoms. The minimum atomic E-state index is -3.35. The van der Waals surface area contributed by atoms with Crippen LogP contribution in [0.3, 0.4) is 0 Å². The normalized spacial score (nSPS) is 11.4. The van der Waals surface area contributed by atoms with Crippen LogP contribution in [0.2, 0.25) is 0 Å². The van der Waals surface area contributed by atoms with Crippen LogP contribution in [0.15, 0.2) is 39.9 Å². The molecule has 0 atom stereocenters. The van der Waals surface area contributed by atoms with Gasteiger partial charge in [0.1, 0.15) is 17.4 Å². The molecule has 0 amide bonds. The van der Waals surface area contributed by atoms with Gasteiger partial charge in [-0.05, 0) is 43.7 Å². The molecule has 2 heterocycles. The third kappa shape index (κ3) is 4.43. The number of methoxy groups -OCH3 is 1. The van der Waals surface area contributed by atoms with Crippen molar-refractivity contribution in [2.75, 3.05) is 18.7 Å². The van der Waals surface area contributed by atoms with Crippen molar-refractivity contribution in [1.29, 1.82) is 0 Å². The standard InChI is InChI=1S/C18H20N4O4S/c1-11-12(2)22-26-18(11)21-16-5-6-19-17(20-16)9-13-7-14(25-3)10-15(8-13)27(4,23)24/h5-8,10H,9H2,1-4H3,(H,19,20,21). The first-order valence-corrected chi connectivity index (χ1v) is 10.0. The Bertz CT molecular complexity index is 1080. The summed E-state index contributed by atoms with van der Waals surface area (Å²) in [5, 5.41) is 6.98. The maximum Gasteiger partial charge on any atom is 0.233 e. The molecule has 27 heavy (non-hydrogen) atoms. The highest BCUT2D eigenvalue weighted by Gasteiger charge is 2.13. The monoisotopic (exact) mass is 388 g/mol. The molecule has 0 aliphatic rings. The van der Waals surface area contributed by atoms with Gasteiger partial charge in [-0.1, -0.05) is 5.16 Å². The van der Waals surface area contributed by atoms with E-state index in [1.165, 1.54) is 13.2 Å². The molecule has 2 aromatic heterocycles. The van der Waals surface area contributed by atoms with E-state index in [9.17, 15) is 8.42 Å². The van der Waals surface area contributed by atoms with Crippen molar-refractivity contribution in [3.8, 4) is 5.75 Å². The van der Waals surface area contributed by atoms with E-state index in [0.717, 1.165) is 23.1 Å². The molecule has 0 aliphatic heterocycles. The van der Waals surface area contributed by atoms with Crippen LogP contribution in [-0.4, -0.2) is 36.9 Å². The lowest BCUT2D eigenvalue weighted by atomic mass is 10.1. The maximum atomic E-state index is 11.9. The van der Waals surface area contributed by atoms with E-state index < -0.39 is 9.84 Å². The summed E-state index contributed by atoms with van der Waals surface area (Å²) in [6.07, 6.45) is 3.14. The fraction of sp³-hybridized carbons (Fsp3) is 0.278. The summed E-state index contributed by atoms with van der Waals surface area (Å²) in [7, 11) is -1.86. The average Bonchev–Trinajstić information content (AvgIpc) is 2.93. The Morgan fingerprint density at radius 2 is 2.00 bits per heavy atom. The molecular weight excluding hydrogens is 368 g/mol. The summed E-state index contributed by atoms with van der Waals surface area (Å²) < 4.78 is 34.2. The van der Waals surface area contributed by atoms with Gasteiger partial charge in [0.05, 0.1) is 17.7 Å². The molecule has 0 aliphatic carbocycles. The van der Waals surface area contributed by atoms with Gasteiger partial charge in [0.25, 0.3) is 0 Å². The molecule has 3 rings (SSSR count). The Morgan fingerprint density at radius 1 is 1.22 bits per heavy atom. The van der Waals surface area contributed by atoms with E-state index in [-0.39, 0.29) is 4.90 Å². The Kier molecular flexibility index (Phi) is 5.13. The van der Waals surface area contributed by atoms with Gasteiger partial charge >= 0.3 is 0 Å². The molecule has 0 unspecified atom stereocenters. The van der Waals surface area contributed by atoms with Gasteiger partial charge in [-0.3, -0.25) is 0 Å².